The first-order chi connectivity index (χ1) is 6.27. The molecule has 0 radical (unpaired) electrons. The molecule has 0 aromatic rings. The molecule has 0 aromatic carbocycles. The van der Waals surface area contributed by atoms with Crippen molar-refractivity contribution in [3.63, 3.8) is 0 Å². The summed E-state index contributed by atoms with van der Waals surface area (Å²) in [6.07, 6.45) is -0.954. The summed E-state index contributed by atoms with van der Waals surface area (Å²) >= 11 is 0. The average Bonchev–Trinajstić information content (AvgIpc) is 2.01. The van der Waals surface area contributed by atoms with Crippen LogP contribution in [-0.4, -0.2) is 51.6 Å². The van der Waals surface area contributed by atoms with Crippen LogP contribution in [0.25, 0.3) is 0 Å². The summed E-state index contributed by atoms with van der Waals surface area (Å²) in [5.74, 6) is -1.17. The Kier molecular flexibility index (Phi) is 19.0. The Bertz CT molecular complexity index is 125. The van der Waals surface area contributed by atoms with Crippen molar-refractivity contribution in [2.75, 3.05) is 13.2 Å². The lowest BCUT2D eigenvalue weighted by Crippen LogP contribution is -2.15. The quantitative estimate of drug-likeness (QED) is 0.355. The number of rotatable bonds is 2. The van der Waals surface area contributed by atoms with Gasteiger partial charge in [-0.1, -0.05) is 0 Å². The topological polar surface area (TPSA) is 141 Å². The zero-order valence-corrected chi connectivity index (χ0v) is 8.17. The molecule has 0 spiro atoms. The lowest BCUT2D eigenvalue weighted by atomic mass is 10.4. The van der Waals surface area contributed by atoms with Gasteiger partial charge >= 0.3 is 0 Å². The first kappa shape index (κ1) is 18.6. The number of carbonyl (C=O) groups is 2. The molecule has 0 fully saturated rings. The molecule has 0 heterocycles. The van der Waals surface area contributed by atoms with Gasteiger partial charge in [-0.15, -0.1) is 0 Å². The number of carboxylic acids is 1. The summed E-state index contributed by atoms with van der Waals surface area (Å²) in [6, 6.07) is 0. The first-order valence-electron chi connectivity index (χ1n) is 3.63. The minimum absolute atomic E-state index is 0.333. The van der Waals surface area contributed by atoms with E-state index in [9.17, 15) is 4.79 Å². The number of aliphatic hydroxyl groups excluding tert-OH is 3. The molecule has 7 nitrogen and oxygen atoms in total. The van der Waals surface area contributed by atoms with Gasteiger partial charge in [-0.3, -0.25) is 9.59 Å². The molecule has 0 bridgehead atoms. The molecular formula is C7H17NO6. The third-order valence-electron chi connectivity index (χ3n) is 0.421. The lowest BCUT2D eigenvalue weighted by molar-refractivity contribution is -0.134. The largest absolute Gasteiger partial charge is 0.481 e. The van der Waals surface area contributed by atoms with E-state index in [4.69, 9.17) is 25.2 Å². The first-order valence-corrected chi connectivity index (χ1v) is 3.63. The molecule has 0 aliphatic carbocycles. The Morgan fingerprint density at radius 3 is 1.36 bits per heavy atom. The standard InChI is InChI=1S/C3H8O3.C2H5NO.C2H4O2/c4-1-3(6)2-5;2*1-2(3)4/h3-6H,1-2H2;1H3,(H2,3,4);1H3,(H,3,4). The number of primary amides is 1. The predicted molar refractivity (Wildman–Crippen MR) is 48.4 cm³/mol. The second-order valence-corrected chi connectivity index (χ2v) is 2.15. The normalized spacial score (nSPS) is 7.86. The highest BCUT2D eigenvalue weighted by Gasteiger charge is 1.93. The van der Waals surface area contributed by atoms with Crippen molar-refractivity contribution in [3.8, 4) is 0 Å². The highest BCUT2D eigenvalue weighted by Crippen LogP contribution is 1.71. The van der Waals surface area contributed by atoms with Gasteiger partial charge in [0.2, 0.25) is 5.91 Å². The maximum absolute atomic E-state index is 9.22. The van der Waals surface area contributed by atoms with Crippen molar-refractivity contribution in [1.82, 2.24) is 0 Å². The van der Waals surface area contributed by atoms with Crippen molar-refractivity contribution in [3.05, 3.63) is 0 Å². The molecule has 0 unspecified atom stereocenters. The number of nitrogens with two attached hydrogens (primary N) is 1. The Balaban J connectivity index is -0.000000135. The Morgan fingerprint density at radius 2 is 1.36 bits per heavy atom. The fraction of sp³-hybridized carbons (Fsp3) is 0.714. The van der Waals surface area contributed by atoms with Crippen molar-refractivity contribution >= 4 is 11.9 Å². The maximum Gasteiger partial charge on any atom is 0.300 e. The number of hydrogen-bond donors (Lipinski definition) is 5. The summed E-state index contributed by atoms with van der Waals surface area (Å²) in [6.45, 7) is 1.66. The van der Waals surface area contributed by atoms with Crippen LogP contribution in [0, 0.1) is 0 Å². The number of hydrogen-bond acceptors (Lipinski definition) is 5. The van der Waals surface area contributed by atoms with Crippen molar-refractivity contribution < 1.29 is 30.0 Å². The van der Waals surface area contributed by atoms with Crippen molar-refractivity contribution in [2.24, 2.45) is 5.73 Å². The molecule has 0 saturated carbocycles. The monoisotopic (exact) mass is 211 g/mol. The fourth-order valence-electron chi connectivity index (χ4n) is 0.0577. The molecule has 0 saturated heterocycles. The van der Waals surface area contributed by atoms with Gasteiger partial charge in [0.15, 0.2) is 0 Å². The third-order valence-corrected chi connectivity index (χ3v) is 0.421. The van der Waals surface area contributed by atoms with E-state index < -0.39 is 12.1 Å². The molecule has 86 valence electrons. The smallest absolute Gasteiger partial charge is 0.300 e. The number of aliphatic carboxylic acids is 1. The molecule has 7 heteroatoms. The summed E-state index contributed by atoms with van der Waals surface area (Å²) in [4.78, 5) is 18.2. The summed E-state index contributed by atoms with van der Waals surface area (Å²) in [5, 5.41) is 31.4. The van der Waals surface area contributed by atoms with E-state index in [2.05, 4.69) is 5.73 Å². The third kappa shape index (κ3) is 131. The molecule has 0 rings (SSSR count). The minimum atomic E-state index is -0.954. The number of carboxylic acid groups (broad SMARTS) is 1. The van der Waals surface area contributed by atoms with Crippen LogP contribution in [-0.2, 0) is 9.59 Å². The van der Waals surface area contributed by atoms with E-state index in [1.807, 2.05) is 0 Å². The highest BCUT2D eigenvalue weighted by atomic mass is 16.4. The lowest BCUT2D eigenvalue weighted by Gasteiger charge is -1.96. The molecule has 6 N–H and O–H groups in total. The van der Waals surface area contributed by atoms with Gasteiger partial charge in [0, 0.05) is 13.8 Å². The van der Waals surface area contributed by atoms with Crippen LogP contribution in [0.3, 0.4) is 0 Å². The summed E-state index contributed by atoms with van der Waals surface area (Å²) in [5.41, 5.74) is 4.47. The molecule has 0 aromatic heterocycles. The minimum Gasteiger partial charge on any atom is -0.481 e. The van der Waals surface area contributed by atoms with E-state index in [-0.39, 0.29) is 19.1 Å². The number of carbonyl (C=O) groups excluding carboxylic acids is 1. The zero-order chi connectivity index (χ0) is 12.1. The van der Waals surface area contributed by atoms with Gasteiger partial charge in [0.1, 0.15) is 6.10 Å². The van der Waals surface area contributed by atoms with Crippen molar-refractivity contribution in [2.45, 2.75) is 20.0 Å². The molecule has 14 heavy (non-hydrogen) atoms. The average molecular weight is 211 g/mol. The zero-order valence-electron chi connectivity index (χ0n) is 8.17. The maximum atomic E-state index is 9.22. The van der Waals surface area contributed by atoms with Gasteiger partial charge in [0.25, 0.3) is 5.97 Å². The van der Waals surface area contributed by atoms with E-state index in [1.54, 1.807) is 0 Å². The Labute approximate surface area is 81.8 Å². The predicted octanol–water partition coefficient (Wildman–Crippen LogP) is -2.09. The molecule has 0 aliphatic heterocycles. The van der Waals surface area contributed by atoms with Crippen LogP contribution in [0.1, 0.15) is 13.8 Å². The Hall–Kier alpha value is -1.18. The number of amides is 1. The van der Waals surface area contributed by atoms with Crippen LogP contribution < -0.4 is 5.73 Å². The van der Waals surface area contributed by atoms with Crippen LogP contribution in [0.15, 0.2) is 0 Å². The van der Waals surface area contributed by atoms with Crippen LogP contribution >= 0.6 is 0 Å². The van der Waals surface area contributed by atoms with Crippen molar-refractivity contribution in [1.29, 1.82) is 0 Å². The molecule has 1 amide bonds. The molecule has 0 atom stereocenters. The summed E-state index contributed by atoms with van der Waals surface area (Å²) in [7, 11) is 0. The SMILES string of the molecule is CC(=O)O.CC(N)=O.OCC(O)CO. The second-order valence-electron chi connectivity index (χ2n) is 2.15. The second kappa shape index (κ2) is 14.3. The van der Waals surface area contributed by atoms with E-state index >= 15 is 0 Å². The summed E-state index contributed by atoms with van der Waals surface area (Å²) < 4.78 is 0. The Morgan fingerprint density at radius 1 is 1.21 bits per heavy atom. The van der Waals surface area contributed by atoms with Gasteiger partial charge in [-0.2, -0.15) is 0 Å². The number of aliphatic hydroxyl groups is 3. The van der Waals surface area contributed by atoms with Gasteiger partial charge in [0.05, 0.1) is 13.2 Å². The van der Waals surface area contributed by atoms with E-state index in [0.29, 0.717) is 0 Å². The van der Waals surface area contributed by atoms with Gasteiger partial charge < -0.3 is 26.2 Å². The van der Waals surface area contributed by atoms with Gasteiger partial charge in [-0.25, -0.2) is 0 Å². The molecule has 0 aliphatic rings. The highest BCUT2D eigenvalue weighted by molar-refractivity contribution is 5.70. The van der Waals surface area contributed by atoms with E-state index in [0.717, 1.165) is 6.92 Å². The fourth-order valence-corrected chi connectivity index (χ4v) is 0.0577. The van der Waals surface area contributed by atoms with Crippen LogP contribution in [0.5, 0.6) is 0 Å². The van der Waals surface area contributed by atoms with Crippen LogP contribution in [0.4, 0.5) is 0 Å². The van der Waals surface area contributed by atoms with Gasteiger partial charge in [-0.05, 0) is 0 Å². The molecular weight excluding hydrogens is 194 g/mol. The van der Waals surface area contributed by atoms with Crippen LogP contribution in [0.2, 0.25) is 0 Å². The van der Waals surface area contributed by atoms with E-state index in [1.165, 1.54) is 6.92 Å².